The molecule has 0 bridgehead atoms. The van der Waals surface area contributed by atoms with E-state index in [1.165, 1.54) is 6.92 Å². The second-order valence-electron chi connectivity index (χ2n) is 4.81. The van der Waals surface area contributed by atoms with E-state index in [4.69, 9.17) is 0 Å². The van der Waals surface area contributed by atoms with Crippen molar-refractivity contribution in [1.82, 2.24) is 10.2 Å². The zero-order valence-electron chi connectivity index (χ0n) is 12.2. The van der Waals surface area contributed by atoms with Crippen LogP contribution in [0.5, 0.6) is 0 Å². The van der Waals surface area contributed by atoms with E-state index < -0.39 is 11.5 Å². The number of carboxylic acids is 1. The monoisotopic (exact) mass is 278 g/mol. The molecule has 1 rings (SSSR count). The molecule has 0 aliphatic carbocycles. The Bertz CT molecular complexity index is 461. The van der Waals surface area contributed by atoms with Crippen LogP contribution in [0.3, 0.4) is 0 Å². The molecule has 0 saturated carbocycles. The maximum atomic E-state index is 12.2. The summed E-state index contributed by atoms with van der Waals surface area (Å²) < 4.78 is 0. The molecule has 1 unspecified atom stereocenters. The van der Waals surface area contributed by atoms with Crippen LogP contribution >= 0.6 is 0 Å². The summed E-state index contributed by atoms with van der Waals surface area (Å²) in [5.74, 6) is -1.08. The number of benzene rings is 1. The maximum absolute atomic E-state index is 12.2. The van der Waals surface area contributed by atoms with Gasteiger partial charge in [0.2, 0.25) is 0 Å². The summed E-state index contributed by atoms with van der Waals surface area (Å²) >= 11 is 0. The van der Waals surface area contributed by atoms with Crippen LogP contribution < -0.4 is 5.32 Å². The summed E-state index contributed by atoms with van der Waals surface area (Å²) in [5.41, 5.74) is -0.882. The first-order chi connectivity index (χ1) is 9.45. The van der Waals surface area contributed by atoms with E-state index in [1.807, 2.05) is 19.9 Å². The summed E-state index contributed by atoms with van der Waals surface area (Å²) in [6.45, 7) is 6.50. The highest BCUT2D eigenvalue weighted by atomic mass is 16.4. The number of hydrogen-bond acceptors (Lipinski definition) is 2. The number of carbonyl (C=O) groups is 2. The largest absolute Gasteiger partial charge is 0.479 e. The van der Waals surface area contributed by atoms with Crippen molar-refractivity contribution in [3.63, 3.8) is 0 Å². The van der Waals surface area contributed by atoms with Gasteiger partial charge < -0.3 is 15.3 Å². The van der Waals surface area contributed by atoms with Gasteiger partial charge in [-0.3, -0.25) is 0 Å². The zero-order chi connectivity index (χ0) is 15.2. The quantitative estimate of drug-likeness (QED) is 0.839. The van der Waals surface area contributed by atoms with E-state index in [2.05, 4.69) is 5.32 Å². The summed E-state index contributed by atoms with van der Waals surface area (Å²) in [6.07, 6.45) is 0.830. The average molecular weight is 278 g/mol. The standard InChI is InChI=1S/C15H22N2O3/c1-4-11-17(5-2)14(20)16-15(3,13(18)19)12-9-7-6-8-10-12/h6-10H,4-5,11H2,1-3H3,(H,16,20)(H,18,19). The van der Waals surface area contributed by atoms with Gasteiger partial charge in [-0.2, -0.15) is 0 Å². The number of nitrogens with one attached hydrogen (secondary N) is 1. The van der Waals surface area contributed by atoms with Crippen LogP contribution in [0.25, 0.3) is 0 Å². The second-order valence-corrected chi connectivity index (χ2v) is 4.81. The average Bonchev–Trinajstić information content (AvgIpc) is 2.45. The van der Waals surface area contributed by atoms with Gasteiger partial charge in [0.25, 0.3) is 0 Å². The molecule has 0 aliphatic heterocycles. The maximum Gasteiger partial charge on any atom is 0.333 e. The third kappa shape index (κ3) is 3.50. The Morgan fingerprint density at radius 3 is 2.30 bits per heavy atom. The molecule has 0 aliphatic rings. The van der Waals surface area contributed by atoms with Crippen molar-refractivity contribution >= 4 is 12.0 Å². The first-order valence-corrected chi connectivity index (χ1v) is 6.81. The number of nitrogens with zero attached hydrogens (tertiary/aromatic N) is 1. The molecule has 5 heteroatoms. The Hall–Kier alpha value is -2.04. The van der Waals surface area contributed by atoms with E-state index in [-0.39, 0.29) is 6.03 Å². The number of aliphatic carboxylic acids is 1. The molecule has 0 radical (unpaired) electrons. The fraction of sp³-hybridized carbons (Fsp3) is 0.467. The minimum absolute atomic E-state index is 0.358. The predicted molar refractivity (Wildman–Crippen MR) is 77.5 cm³/mol. The van der Waals surface area contributed by atoms with Gasteiger partial charge >= 0.3 is 12.0 Å². The Kier molecular flexibility index (Phi) is 5.55. The lowest BCUT2D eigenvalue weighted by Crippen LogP contribution is -2.54. The van der Waals surface area contributed by atoms with Gasteiger partial charge in [-0.15, -0.1) is 0 Å². The molecule has 0 spiro atoms. The molecule has 20 heavy (non-hydrogen) atoms. The van der Waals surface area contributed by atoms with Gasteiger partial charge in [-0.05, 0) is 25.8 Å². The van der Waals surface area contributed by atoms with Crippen LogP contribution in [0.4, 0.5) is 4.79 Å². The minimum atomic E-state index is -1.43. The van der Waals surface area contributed by atoms with Crippen LogP contribution in [0, 0.1) is 0 Å². The fourth-order valence-corrected chi connectivity index (χ4v) is 1.99. The molecule has 110 valence electrons. The molecule has 2 N–H and O–H groups in total. The predicted octanol–water partition coefficient (Wildman–Crippen LogP) is 2.43. The van der Waals surface area contributed by atoms with Crippen LogP contribution in [0.1, 0.15) is 32.8 Å². The van der Waals surface area contributed by atoms with Crippen molar-refractivity contribution in [2.75, 3.05) is 13.1 Å². The summed E-state index contributed by atoms with van der Waals surface area (Å²) in [4.78, 5) is 25.4. The molecule has 1 atom stereocenters. The Labute approximate surface area is 119 Å². The van der Waals surface area contributed by atoms with Crippen molar-refractivity contribution in [3.8, 4) is 0 Å². The second kappa shape index (κ2) is 6.93. The molecule has 1 aromatic carbocycles. The Morgan fingerprint density at radius 1 is 1.25 bits per heavy atom. The van der Waals surface area contributed by atoms with Crippen LogP contribution in [0.2, 0.25) is 0 Å². The Balaban J connectivity index is 2.99. The highest BCUT2D eigenvalue weighted by Crippen LogP contribution is 2.21. The summed E-state index contributed by atoms with van der Waals surface area (Å²) in [6, 6.07) is 8.36. The number of carbonyl (C=O) groups excluding carboxylic acids is 1. The lowest BCUT2D eigenvalue weighted by atomic mass is 9.92. The topological polar surface area (TPSA) is 69.6 Å². The molecule has 1 aromatic rings. The van der Waals surface area contributed by atoms with E-state index >= 15 is 0 Å². The van der Waals surface area contributed by atoms with Crippen molar-refractivity contribution in [2.45, 2.75) is 32.7 Å². The highest BCUT2D eigenvalue weighted by Gasteiger charge is 2.37. The lowest BCUT2D eigenvalue weighted by Gasteiger charge is -2.30. The SMILES string of the molecule is CCCN(CC)C(=O)NC(C)(C(=O)O)c1ccccc1. The normalized spacial score (nSPS) is 13.3. The van der Waals surface area contributed by atoms with E-state index in [9.17, 15) is 14.7 Å². The number of carboxylic acid groups (broad SMARTS) is 1. The third-order valence-corrected chi connectivity index (χ3v) is 3.30. The number of rotatable bonds is 6. The molecule has 0 aromatic heterocycles. The highest BCUT2D eigenvalue weighted by molar-refractivity contribution is 5.87. The number of amides is 2. The number of urea groups is 1. The first kappa shape index (κ1) is 16.0. The van der Waals surface area contributed by atoms with Crippen molar-refractivity contribution < 1.29 is 14.7 Å². The molecule has 2 amide bonds. The van der Waals surface area contributed by atoms with Crippen LogP contribution in [0.15, 0.2) is 30.3 Å². The van der Waals surface area contributed by atoms with Crippen LogP contribution in [-0.4, -0.2) is 35.1 Å². The molecular weight excluding hydrogens is 256 g/mol. The number of hydrogen-bond donors (Lipinski definition) is 2. The van der Waals surface area contributed by atoms with E-state index in [0.717, 1.165) is 6.42 Å². The van der Waals surface area contributed by atoms with E-state index in [0.29, 0.717) is 18.7 Å². The van der Waals surface area contributed by atoms with Gasteiger partial charge in [-0.25, -0.2) is 9.59 Å². The lowest BCUT2D eigenvalue weighted by molar-refractivity contribution is -0.144. The summed E-state index contributed by atoms with van der Waals surface area (Å²) in [7, 11) is 0. The van der Waals surface area contributed by atoms with Crippen molar-refractivity contribution in [2.24, 2.45) is 0 Å². The van der Waals surface area contributed by atoms with Crippen molar-refractivity contribution in [3.05, 3.63) is 35.9 Å². The van der Waals surface area contributed by atoms with Gasteiger partial charge in [0.05, 0.1) is 0 Å². The minimum Gasteiger partial charge on any atom is -0.479 e. The summed E-state index contributed by atoms with van der Waals surface area (Å²) in [5, 5.41) is 12.1. The molecule has 5 nitrogen and oxygen atoms in total. The fourth-order valence-electron chi connectivity index (χ4n) is 1.99. The molecule has 0 saturated heterocycles. The smallest absolute Gasteiger partial charge is 0.333 e. The van der Waals surface area contributed by atoms with Gasteiger partial charge in [0.1, 0.15) is 0 Å². The third-order valence-electron chi connectivity index (χ3n) is 3.30. The molecule has 0 fully saturated rings. The first-order valence-electron chi connectivity index (χ1n) is 6.81. The Morgan fingerprint density at radius 2 is 1.85 bits per heavy atom. The zero-order valence-corrected chi connectivity index (χ0v) is 12.2. The van der Waals surface area contributed by atoms with Crippen LogP contribution in [-0.2, 0) is 10.3 Å². The van der Waals surface area contributed by atoms with Gasteiger partial charge in [0.15, 0.2) is 5.54 Å². The molecule has 0 heterocycles. The molecular formula is C15H22N2O3. The van der Waals surface area contributed by atoms with E-state index in [1.54, 1.807) is 29.2 Å². The van der Waals surface area contributed by atoms with Crippen molar-refractivity contribution in [1.29, 1.82) is 0 Å². The van der Waals surface area contributed by atoms with Gasteiger partial charge in [-0.1, -0.05) is 37.3 Å². The van der Waals surface area contributed by atoms with Gasteiger partial charge in [0, 0.05) is 13.1 Å².